The minimum atomic E-state index is -0.373. The van der Waals surface area contributed by atoms with Gasteiger partial charge in [-0.3, -0.25) is 0 Å². The Kier molecular flexibility index (Phi) is 13.5. The van der Waals surface area contributed by atoms with Gasteiger partial charge in [-0.25, -0.2) is 5.90 Å². The molecule has 0 radical (unpaired) electrons. The van der Waals surface area contributed by atoms with Crippen LogP contribution in [0.2, 0.25) is 0 Å². The number of hydrogen-bond donors (Lipinski definition) is 1. The van der Waals surface area contributed by atoms with Crippen molar-refractivity contribution in [3.05, 3.63) is 0 Å². The van der Waals surface area contributed by atoms with E-state index in [1.807, 2.05) is 27.7 Å². The molecule has 0 bridgehead atoms. The molecular formula is C17H34N2O6. The van der Waals surface area contributed by atoms with E-state index in [0.29, 0.717) is 59.3 Å². The van der Waals surface area contributed by atoms with Gasteiger partial charge in [0.15, 0.2) is 0 Å². The Morgan fingerprint density at radius 2 is 1.28 bits per heavy atom. The van der Waals surface area contributed by atoms with Crippen molar-refractivity contribution in [2.45, 2.75) is 34.1 Å². The van der Waals surface area contributed by atoms with Crippen LogP contribution in [-0.2, 0) is 28.7 Å². The van der Waals surface area contributed by atoms with Crippen LogP contribution in [0, 0.1) is 10.8 Å². The third-order valence-corrected chi connectivity index (χ3v) is 3.12. The lowest BCUT2D eigenvalue weighted by Crippen LogP contribution is -2.25. The Morgan fingerprint density at radius 3 is 1.76 bits per heavy atom. The molecule has 2 N–H and O–H groups in total. The molecule has 0 aromatic carbocycles. The fourth-order valence-corrected chi connectivity index (χ4v) is 2.24. The molecule has 0 amide bonds. The zero-order chi connectivity index (χ0) is 19.0. The van der Waals surface area contributed by atoms with Crippen molar-refractivity contribution in [2.24, 2.45) is 21.9 Å². The highest BCUT2D eigenvalue weighted by molar-refractivity contribution is 5.66. The molecule has 0 spiro atoms. The largest absolute Gasteiger partial charge is 0.394 e. The molecule has 0 heterocycles. The average molecular weight is 362 g/mol. The Balaban J connectivity index is 3.50. The van der Waals surface area contributed by atoms with E-state index in [1.165, 1.54) is 0 Å². The second kappa shape index (κ2) is 14.1. The van der Waals surface area contributed by atoms with Crippen LogP contribution in [0.4, 0.5) is 0 Å². The fourth-order valence-electron chi connectivity index (χ4n) is 2.24. The van der Waals surface area contributed by atoms with E-state index in [4.69, 9.17) is 24.9 Å². The maximum atomic E-state index is 11.0. The van der Waals surface area contributed by atoms with E-state index in [0.717, 1.165) is 6.29 Å². The van der Waals surface area contributed by atoms with Crippen LogP contribution in [0.5, 0.6) is 0 Å². The number of ether oxygens (including phenoxy) is 3. The molecule has 8 nitrogen and oxygen atoms in total. The van der Waals surface area contributed by atoms with Crippen molar-refractivity contribution >= 4 is 12.5 Å². The molecular weight excluding hydrogens is 328 g/mol. The summed E-state index contributed by atoms with van der Waals surface area (Å²) >= 11 is 0. The molecule has 0 rings (SSSR count). The number of hydrogen-bond acceptors (Lipinski definition) is 8. The predicted molar refractivity (Wildman–Crippen MR) is 95.3 cm³/mol. The Bertz CT molecular complexity index is 361. The summed E-state index contributed by atoms with van der Waals surface area (Å²) < 4.78 is 15.9. The molecule has 0 saturated carbocycles. The van der Waals surface area contributed by atoms with Crippen LogP contribution >= 0.6 is 0 Å². The Labute approximate surface area is 150 Å². The zero-order valence-corrected chi connectivity index (χ0v) is 16.0. The lowest BCUT2D eigenvalue weighted by atomic mass is 9.77. The van der Waals surface area contributed by atoms with Gasteiger partial charge in [-0.15, -0.1) is 0 Å². The van der Waals surface area contributed by atoms with Crippen molar-refractivity contribution < 1.29 is 28.7 Å². The lowest BCUT2D eigenvalue weighted by molar-refractivity contribution is -0.115. The van der Waals surface area contributed by atoms with Crippen molar-refractivity contribution in [2.75, 3.05) is 52.9 Å². The third-order valence-electron chi connectivity index (χ3n) is 3.12. The topological polar surface area (TPSA) is 102 Å². The summed E-state index contributed by atoms with van der Waals surface area (Å²) in [5.74, 6) is 4.86. The molecule has 0 aromatic rings. The smallest absolute Gasteiger partial charge is 0.140 e. The van der Waals surface area contributed by atoms with E-state index in [1.54, 1.807) is 6.21 Å². The number of rotatable bonds is 17. The summed E-state index contributed by atoms with van der Waals surface area (Å²) in [4.78, 5) is 20.5. The van der Waals surface area contributed by atoms with Crippen molar-refractivity contribution in [3.63, 3.8) is 0 Å². The minimum absolute atomic E-state index is 0.211. The SMILES string of the molecule is CC(C)(C=O)CC(C)(C)/C=N/OCCOCCOCCOCCON. The van der Waals surface area contributed by atoms with Crippen LogP contribution in [0.3, 0.4) is 0 Å². The van der Waals surface area contributed by atoms with Crippen LogP contribution in [0.25, 0.3) is 0 Å². The van der Waals surface area contributed by atoms with Crippen molar-refractivity contribution in [1.82, 2.24) is 0 Å². The van der Waals surface area contributed by atoms with Gasteiger partial charge in [-0.1, -0.05) is 32.9 Å². The normalized spacial score (nSPS) is 12.7. The summed E-state index contributed by atoms with van der Waals surface area (Å²) in [7, 11) is 0. The monoisotopic (exact) mass is 362 g/mol. The van der Waals surface area contributed by atoms with E-state index >= 15 is 0 Å². The number of carbonyl (C=O) groups excluding carboxylic acids is 1. The van der Waals surface area contributed by atoms with Crippen molar-refractivity contribution in [1.29, 1.82) is 0 Å². The second-order valence-corrected chi connectivity index (χ2v) is 7.05. The standard InChI is InChI=1S/C17H34N2O6/c1-16(2,13-17(3,4)15-20)14-19-25-12-10-23-8-6-21-5-7-22-9-11-24-18/h14-15H,5-13,18H2,1-4H3/b19-14+. The predicted octanol–water partition coefficient (Wildman–Crippen LogP) is 1.57. The van der Waals surface area contributed by atoms with Crippen LogP contribution in [-0.4, -0.2) is 65.4 Å². The highest BCUT2D eigenvalue weighted by Gasteiger charge is 2.27. The number of aldehydes is 1. The third kappa shape index (κ3) is 16.2. The quantitative estimate of drug-likeness (QED) is 0.181. The van der Waals surface area contributed by atoms with Gasteiger partial charge in [0.1, 0.15) is 12.9 Å². The molecule has 8 heteroatoms. The van der Waals surface area contributed by atoms with E-state index in [2.05, 4.69) is 9.99 Å². The van der Waals surface area contributed by atoms with Gasteiger partial charge in [0.25, 0.3) is 0 Å². The minimum Gasteiger partial charge on any atom is -0.394 e. The zero-order valence-electron chi connectivity index (χ0n) is 16.0. The first-order chi connectivity index (χ1) is 11.8. The first-order valence-electron chi connectivity index (χ1n) is 8.51. The van der Waals surface area contributed by atoms with Crippen molar-refractivity contribution in [3.8, 4) is 0 Å². The van der Waals surface area contributed by atoms with Crippen LogP contribution in [0.1, 0.15) is 34.1 Å². The number of carbonyl (C=O) groups is 1. The molecule has 0 aliphatic heterocycles. The molecule has 0 aliphatic carbocycles. The maximum Gasteiger partial charge on any atom is 0.140 e. The van der Waals surface area contributed by atoms with E-state index in [9.17, 15) is 4.79 Å². The average Bonchev–Trinajstić information content (AvgIpc) is 2.54. The molecule has 0 aliphatic rings. The van der Waals surface area contributed by atoms with E-state index < -0.39 is 0 Å². The molecule has 25 heavy (non-hydrogen) atoms. The Hall–Kier alpha value is -1.06. The molecule has 0 unspecified atom stereocenters. The van der Waals surface area contributed by atoms with Gasteiger partial charge in [0.05, 0.1) is 46.2 Å². The Morgan fingerprint density at radius 1 is 0.800 bits per heavy atom. The molecule has 0 aromatic heterocycles. The highest BCUT2D eigenvalue weighted by Crippen LogP contribution is 2.30. The molecule has 148 valence electrons. The summed E-state index contributed by atoms with van der Waals surface area (Å²) in [6, 6.07) is 0. The number of nitrogens with two attached hydrogens (primary N) is 1. The maximum absolute atomic E-state index is 11.0. The van der Waals surface area contributed by atoms with Gasteiger partial charge >= 0.3 is 0 Å². The van der Waals surface area contributed by atoms with E-state index in [-0.39, 0.29) is 10.8 Å². The highest BCUT2D eigenvalue weighted by atomic mass is 16.6. The molecule has 0 atom stereocenters. The first-order valence-corrected chi connectivity index (χ1v) is 8.51. The van der Waals surface area contributed by atoms with Crippen LogP contribution < -0.4 is 5.90 Å². The van der Waals surface area contributed by atoms with Gasteiger partial charge in [0.2, 0.25) is 0 Å². The lowest BCUT2D eigenvalue weighted by Gasteiger charge is -2.27. The number of nitrogens with zero attached hydrogens (tertiary/aromatic N) is 1. The van der Waals surface area contributed by atoms with Gasteiger partial charge in [-0.2, -0.15) is 0 Å². The summed E-state index contributed by atoms with van der Waals surface area (Å²) in [6.45, 7) is 11.5. The van der Waals surface area contributed by atoms with Gasteiger partial charge in [-0.05, 0) is 6.42 Å². The number of oxime groups is 1. The van der Waals surface area contributed by atoms with Gasteiger partial charge in [0, 0.05) is 17.0 Å². The first kappa shape index (κ1) is 23.9. The summed E-state index contributed by atoms with van der Waals surface area (Å²) in [6.07, 6.45) is 3.41. The fraction of sp³-hybridized carbons (Fsp3) is 0.882. The molecule has 0 saturated heterocycles. The van der Waals surface area contributed by atoms with Gasteiger partial charge < -0.3 is 28.7 Å². The summed E-state index contributed by atoms with van der Waals surface area (Å²) in [5.41, 5.74) is -0.584. The summed E-state index contributed by atoms with van der Waals surface area (Å²) in [5, 5.41) is 3.96. The van der Waals surface area contributed by atoms with Crippen LogP contribution in [0.15, 0.2) is 5.16 Å². The second-order valence-electron chi connectivity index (χ2n) is 7.05. The molecule has 0 fully saturated rings.